The minimum Gasteiger partial charge on any atom is -0.370 e. The SMILES string of the molecule is CCNc1nc(C2CCCO2)nc2c1CCCCC2. The van der Waals surface area contributed by atoms with Gasteiger partial charge in [-0.3, -0.25) is 0 Å². The van der Waals surface area contributed by atoms with Crippen LogP contribution < -0.4 is 5.32 Å². The summed E-state index contributed by atoms with van der Waals surface area (Å²) in [6, 6.07) is 0. The fourth-order valence-corrected chi connectivity index (χ4v) is 3.03. The molecule has 1 aliphatic heterocycles. The van der Waals surface area contributed by atoms with Gasteiger partial charge in [-0.05, 0) is 45.4 Å². The molecule has 1 aromatic heterocycles. The van der Waals surface area contributed by atoms with Crippen LogP contribution in [0.25, 0.3) is 0 Å². The maximum absolute atomic E-state index is 5.74. The lowest BCUT2D eigenvalue weighted by Gasteiger charge is -2.16. The van der Waals surface area contributed by atoms with E-state index in [0.29, 0.717) is 0 Å². The fraction of sp³-hybridized carbons (Fsp3) is 0.733. The Kier molecular flexibility index (Phi) is 3.97. The van der Waals surface area contributed by atoms with Gasteiger partial charge in [-0.2, -0.15) is 0 Å². The van der Waals surface area contributed by atoms with Gasteiger partial charge in [0.2, 0.25) is 0 Å². The van der Waals surface area contributed by atoms with E-state index >= 15 is 0 Å². The molecule has 4 heteroatoms. The monoisotopic (exact) mass is 261 g/mol. The van der Waals surface area contributed by atoms with Crippen LogP contribution >= 0.6 is 0 Å². The highest BCUT2D eigenvalue weighted by atomic mass is 16.5. The van der Waals surface area contributed by atoms with Gasteiger partial charge in [0.05, 0.1) is 0 Å². The van der Waals surface area contributed by atoms with Crippen molar-refractivity contribution in [3.05, 3.63) is 17.1 Å². The van der Waals surface area contributed by atoms with Crippen molar-refractivity contribution in [1.82, 2.24) is 9.97 Å². The Bertz CT molecular complexity index is 441. The van der Waals surface area contributed by atoms with E-state index in [1.165, 1.54) is 30.5 Å². The van der Waals surface area contributed by atoms with Crippen LogP contribution in [0.1, 0.15) is 62.2 Å². The summed E-state index contributed by atoms with van der Waals surface area (Å²) >= 11 is 0. The zero-order chi connectivity index (χ0) is 13.1. The molecule has 1 atom stereocenters. The summed E-state index contributed by atoms with van der Waals surface area (Å²) in [7, 11) is 0. The molecule has 104 valence electrons. The Labute approximate surface area is 115 Å². The minimum atomic E-state index is 0.117. The van der Waals surface area contributed by atoms with Gasteiger partial charge in [0.25, 0.3) is 0 Å². The number of aryl methyl sites for hydroxylation is 1. The van der Waals surface area contributed by atoms with Gasteiger partial charge in [0.15, 0.2) is 5.82 Å². The van der Waals surface area contributed by atoms with Gasteiger partial charge >= 0.3 is 0 Å². The highest BCUT2D eigenvalue weighted by Gasteiger charge is 2.24. The lowest BCUT2D eigenvalue weighted by molar-refractivity contribution is 0.105. The third-order valence-corrected chi connectivity index (χ3v) is 4.01. The van der Waals surface area contributed by atoms with Crippen molar-refractivity contribution >= 4 is 5.82 Å². The van der Waals surface area contributed by atoms with Gasteiger partial charge < -0.3 is 10.1 Å². The molecule has 1 N–H and O–H groups in total. The number of aromatic nitrogens is 2. The predicted octanol–water partition coefficient (Wildman–Crippen LogP) is 3.03. The maximum atomic E-state index is 5.74. The van der Waals surface area contributed by atoms with Crippen molar-refractivity contribution in [3.8, 4) is 0 Å². The maximum Gasteiger partial charge on any atom is 0.159 e. The van der Waals surface area contributed by atoms with Crippen molar-refractivity contribution in [2.45, 2.75) is 58.0 Å². The minimum absolute atomic E-state index is 0.117. The van der Waals surface area contributed by atoms with Crippen molar-refractivity contribution < 1.29 is 4.74 Å². The number of hydrogen-bond acceptors (Lipinski definition) is 4. The molecule has 4 nitrogen and oxygen atoms in total. The second-order valence-corrected chi connectivity index (χ2v) is 5.45. The van der Waals surface area contributed by atoms with Crippen molar-refractivity contribution in [2.75, 3.05) is 18.5 Å². The molecular formula is C15H23N3O. The van der Waals surface area contributed by atoms with Gasteiger partial charge in [-0.15, -0.1) is 0 Å². The molecule has 2 aliphatic rings. The molecule has 0 aromatic carbocycles. The molecule has 1 saturated heterocycles. The van der Waals surface area contributed by atoms with E-state index in [2.05, 4.69) is 12.2 Å². The summed E-state index contributed by atoms with van der Waals surface area (Å²) in [5.41, 5.74) is 2.61. The van der Waals surface area contributed by atoms with Gasteiger partial charge in [-0.25, -0.2) is 9.97 Å². The van der Waals surface area contributed by atoms with E-state index in [1.807, 2.05) is 0 Å². The van der Waals surface area contributed by atoms with Crippen LogP contribution in [0.2, 0.25) is 0 Å². The summed E-state index contributed by atoms with van der Waals surface area (Å²) in [4.78, 5) is 9.57. The Morgan fingerprint density at radius 1 is 1.16 bits per heavy atom. The average molecular weight is 261 g/mol. The predicted molar refractivity (Wildman–Crippen MR) is 75.4 cm³/mol. The molecule has 0 bridgehead atoms. The number of anilines is 1. The van der Waals surface area contributed by atoms with Gasteiger partial charge in [-0.1, -0.05) is 6.42 Å². The normalized spacial score (nSPS) is 22.9. The molecule has 1 aliphatic carbocycles. The third kappa shape index (κ3) is 2.73. The standard InChI is InChI=1S/C15H23N3O/c1-2-16-14-11-7-4-3-5-8-12(11)17-15(18-14)13-9-6-10-19-13/h13H,2-10H2,1H3,(H,16,17,18). The smallest absolute Gasteiger partial charge is 0.159 e. The van der Waals surface area contributed by atoms with Crippen LogP contribution in [0, 0.1) is 0 Å². The molecule has 1 aromatic rings. The van der Waals surface area contributed by atoms with Crippen LogP contribution in [0.5, 0.6) is 0 Å². The van der Waals surface area contributed by atoms with Crippen LogP contribution in [0.15, 0.2) is 0 Å². The van der Waals surface area contributed by atoms with Crippen molar-refractivity contribution in [1.29, 1.82) is 0 Å². The molecule has 0 radical (unpaired) electrons. The fourth-order valence-electron chi connectivity index (χ4n) is 3.03. The lowest BCUT2D eigenvalue weighted by atomic mass is 10.1. The van der Waals surface area contributed by atoms with Crippen molar-refractivity contribution in [2.24, 2.45) is 0 Å². The number of hydrogen-bond donors (Lipinski definition) is 1. The summed E-state index contributed by atoms with van der Waals surface area (Å²) in [5, 5.41) is 3.42. The molecular weight excluding hydrogens is 238 g/mol. The largest absolute Gasteiger partial charge is 0.370 e. The lowest BCUT2D eigenvalue weighted by Crippen LogP contribution is -2.13. The van der Waals surface area contributed by atoms with Crippen LogP contribution in [-0.2, 0) is 17.6 Å². The van der Waals surface area contributed by atoms with E-state index in [0.717, 1.165) is 50.5 Å². The average Bonchev–Trinajstić information content (AvgIpc) is 2.85. The molecule has 0 amide bonds. The van der Waals surface area contributed by atoms with E-state index in [4.69, 9.17) is 14.7 Å². The van der Waals surface area contributed by atoms with Crippen LogP contribution in [0.3, 0.4) is 0 Å². The first-order valence-electron chi connectivity index (χ1n) is 7.63. The molecule has 19 heavy (non-hydrogen) atoms. The number of ether oxygens (including phenoxy) is 1. The second kappa shape index (κ2) is 5.87. The first-order chi connectivity index (χ1) is 9.38. The molecule has 3 rings (SSSR count). The van der Waals surface area contributed by atoms with Gasteiger partial charge in [0, 0.05) is 24.4 Å². The first-order valence-corrected chi connectivity index (χ1v) is 7.63. The third-order valence-electron chi connectivity index (χ3n) is 4.01. The number of nitrogens with one attached hydrogen (secondary N) is 1. The van der Waals surface area contributed by atoms with E-state index in [9.17, 15) is 0 Å². The van der Waals surface area contributed by atoms with Gasteiger partial charge in [0.1, 0.15) is 11.9 Å². The molecule has 1 fully saturated rings. The Morgan fingerprint density at radius 2 is 2.05 bits per heavy atom. The van der Waals surface area contributed by atoms with E-state index < -0.39 is 0 Å². The zero-order valence-corrected chi connectivity index (χ0v) is 11.7. The summed E-state index contributed by atoms with van der Waals surface area (Å²) in [6.07, 6.45) is 8.32. The van der Waals surface area contributed by atoms with Crippen LogP contribution in [-0.4, -0.2) is 23.1 Å². The summed E-state index contributed by atoms with van der Waals surface area (Å²) in [5.74, 6) is 1.95. The highest BCUT2D eigenvalue weighted by Crippen LogP contribution is 2.30. The molecule has 1 unspecified atom stereocenters. The molecule has 0 saturated carbocycles. The summed E-state index contributed by atoms with van der Waals surface area (Å²) < 4.78 is 5.74. The van der Waals surface area contributed by atoms with Crippen molar-refractivity contribution in [3.63, 3.8) is 0 Å². The molecule has 0 spiro atoms. The Hall–Kier alpha value is -1.16. The summed E-state index contributed by atoms with van der Waals surface area (Å²) in [6.45, 7) is 3.88. The second-order valence-electron chi connectivity index (χ2n) is 5.45. The Morgan fingerprint density at radius 3 is 2.84 bits per heavy atom. The molecule has 2 heterocycles. The number of fused-ring (bicyclic) bond motifs is 1. The van der Waals surface area contributed by atoms with E-state index in [-0.39, 0.29) is 6.10 Å². The number of rotatable bonds is 3. The first kappa shape index (κ1) is 12.9. The number of nitrogens with zero attached hydrogens (tertiary/aromatic N) is 2. The van der Waals surface area contributed by atoms with E-state index in [1.54, 1.807) is 0 Å². The topological polar surface area (TPSA) is 47.0 Å². The Balaban J connectivity index is 1.97. The zero-order valence-electron chi connectivity index (χ0n) is 11.7. The highest BCUT2D eigenvalue weighted by molar-refractivity contribution is 5.47. The quantitative estimate of drug-likeness (QED) is 0.850. The van der Waals surface area contributed by atoms with Crippen LogP contribution in [0.4, 0.5) is 5.82 Å².